The molecule has 0 saturated heterocycles. The lowest BCUT2D eigenvalue weighted by molar-refractivity contribution is -0.147. The highest BCUT2D eigenvalue weighted by Gasteiger charge is 2.11. The van der Waals surface area contributed by atoms with Crippen LogP contribution in [0.15, 0.2) is 97.2 Å². The molecule has 4 nitrogen and oxygen atoms in total. The summed E-state index contributed by atoms with van der Waals surface area (Å²) in [6, 6.07) is 0. The highest BCUT2D eigenvalue weighted by Crippen LogP contribution is 2.15. The van der Waals surface area contributed by atoms with E-state index in [0.29, 0.717) is 6.42 Å². The summed E-state index contributed by atoms with van der Waals surface area (Å²) in [4.78, 5) is 23.4. The van der Waals surface area contributed by atoms with E-state index in [1.54, 1.807) is 0 Å². The summed E-state index contributed by atoms with van der Waals surface area (Å²) in [7, 11) is 0. The SMILES string of the molecule is CC/C=C\C/C=C\C/C=C\C/C=C\CCCCCCCCCCCCC(=O)OC(/C=C\C/C=C\C/C=C\C/C=C\CC)CCCCCCCC(=O)O. The van der Waals surface area contributed by atoms with Gasteiger partial charge in [0.25, 0.3) is 0 Å². The van der Waals surface area contributed by atoms with E-state index < -0.39 is 5.97 Å². The zero-order valence-electron chi connectivity index (χ0n) is 33.6. The Morgan fingerprint density at radius 1 is 0.442 bits per heavy atom. The number of rotatable bonds is 37. The fraction of sp³-hybridized carbons (Fsp3) is 0.625. The molecule has 0 aliphatic rings. The largest absolute Gasteiger partial charge is 0.481 e. The van der Waals surface area contributed by atoms with E-state index in [1.165, 1.54) is 57.8 Å². The van der Waals surface area contributed by atoms with Gasteiger partial charge in [-0.05, 0) is 96.0 Å². The summed E-state index contributed by atoms with van der Waals surface area (Å²) < 4.78 is 5.90. The molecule has 0 aromatic carbocycles. The lowest BCUT2D eigenvalue weighted by Crippen LogP contribution is -2.16. The smallest absolute Gasteiger partial charge is 0.306 e. The maximum absolute atomic E-state index is 12.7. The summed E-state index contributed by atoms with van der Waals surface area (Å²) in [6.07, 6.45) is 63.1. The molecule has 0 bridgehead atoms. The molecule has 0 aromatic rings. The van der Waals surface area contributed by atoms with Crippen LogP contribution < -0.4 is 0 Å². The van der Waals surface area contributed by atoms with E-state index in [2.05, 4.69) is 111 Å². The third-order valence-corrected chi connectivity index (χ3v) is 8.79. The van der Waals surface area contributed by atoms with Gasteiger partial charge in [-0.3, -0.25) is 9.59 Å². The van der Waals surface area contributed by atoms with Gasteiger partial charge < -0.3 is 9.84 Å². The third kappa shape index (κ3) is 41.3. The molecule has 1 unspecified atom stereocenters. The summed E-state index contributed by atoms with van der Waals surface area (Å²) in [5, 5.41) is 8.82. The van der Waals surface area contributed by atoms with Gasteiger partial charge in [-0.15, -0.1) is 0 Å². The second kappa shape index (κ2) is 42.3. The topological polar surface area (TPSA) is 63.6 Å². The van der Waals surface area contributed by atoms with Crippen LogP contribution in [0.4, 0.5) is 0 Å². The Kier molecular flexibility index (Phi) is 39.7. The fourth-order valence-corrected chi connectivity index (χ4v) is 5.73. The molecule has 0 rings (SSSR count). The number of carbonyl (C=O) groups excluding carboxylic acids is 1. The van der Waals surface area contributed by atoms with Crippen LogP contribution in [0.1, 0.15) is 187 Å². The Morgan fingerprint density at radius 2 is 0.808 bits per heavy atom. The maximum atomic E-state index is 12.7. The second-order valence-electron chi connectivity index (χ2n) is 13.8. The lowest BCUT2D eigenvalue weighted by atomic mass is 10.0. The van der Waals surface area contributed by atoms with Gasteiger partial charge in [0.1, 0.15) is 6.10 Å². The summed E-state index contributed by atoms with van der Waals surface area (Å²) in [5.41, 5.74) is 0. The quantitative estimate of drug-likeness (QED) is 0.0395. The molecule has 0 spiro atoms. The molecule has 0 fully saturated rings. The molecule has 0 radical (unpaired) electrons. The monoisotopic (exact) mass is 719 g/mol. The van der Waals surface area contributed by atoms with E-state index in [1.807, 2.05) is 0 Å². The lowest BCUT2D eigenvalue weighted by Gasteiger charge is -2.14. The zero-order chi connectivity index (χ0) is 37.8. The Labute approximate surface area is 321 Å². The Morgan fingerprint density at radius 3 is 1.27 bits per heavy atom. The number of esters is 1. The first-order valence-electron chi connectivity index (χ1n) is 21.2. The molecule has 0 aliphatic heterocycles. The number of carboxylic acids is 1. The first kappa shape index (κ1) is 48.9. The molecular weight excluding hydrogens is 641 g/mol. The van der Waals surface area contributed by atoms with Crippen molar-refractivity contribution in [3.63, 3.8) is 0 Å². The van der Waals surface area contributed by atoms with E-state index in [4.69, 9.17) is 9.84 Å². The molecule has 4 heteroatoms. The van der Waals surface area contributed by atoms with Gasteiger partial charge in [0.05, 0.1) is 0 Å². The number of carbonyl (C=O) groups is 2. The average Bonchev–Trinajstić information content (AvgIpc) is 3.13. The predicted octanol–water partition coefficient (Wildman–Crippen LogP) is 15.0. The van der Waals surface area contributed by atoms with Crippen molar-refractivity contribution in [2.24, 2.45) is 0 Å². The van der Waals surface area contributed by atoms with E-state index in [-0.39, 0.29) is 18.5 Å². The average molecular weight is 719 g/mol. The van der Waals surface area contributed by atoms with Crippen molar-refractivity contribution in [2.45, 2.75) is 193 Å². The Balaban J connectivity index is 4.04. The third-order valence-electron chi connectivity index (χ3n) is 8.79. The van der Waals surface area contributed by atoms with Crippen LogP contribution in [0, 0.1) is 0 Å². The normalized spacial score (nSPS) is 13.3. The number of allylic oxidation sites excluding steroid dienone is 15. The highest BCUT2D eigenvalue weighted by atomic mass is 16.5. The van der Waals surface area contributed by atoms with Gasteiger partial charge in [-0.25, -0.2) is 0 Å². The van der Waals surface area contributed by atoms with Crippen molar-refractivity contribution in [3.8, 4) is 0 Å². The van der Waals surface area contributed by atoms with Crippen LogP contribution in [-0.2, 0) is 14.3 Å². The molecule has 294 valence electrons. The fourth-order valence-electron chi connectivity index (χ4n) is 5.73. The number of aliphatic carboxylic acids is 1. The molecule has 0 aliphatic carbocycles. The minimum atomic E-state index is -0.721. The van der Waals surface area contributed by atoms with Gasteiger partial charge in [0, 0.05) is 12.8 Å². The van der Waals surface area contributed by atoms with Crippen molar-refractivity contribution in [2.75, 3.05) is 0 Å². The number of carboxylic acid groups (broad SMARTS) is 1. The van der Waals surface area contributed by atoms with Crippen molar-refractivity contribution >= 4 is 11.9 Å². The van der Waals surface area contributed by atoms with E-state index >= 15 is 0 Å². The maximum Gasteiger partial charge on any atom is 0.306 e. The van der Waals surface area contributed by atoms with Crippen LogP contribution in [0.2, 0.25) is 0 Å². The van der Waals surface area contributed by atoms with Crippen molar-refractivity contribution in [1.29, 1.82) is 0 Å². The molecule has 1 atom stereocenters. The van der Waals surface area contributed by atoms with Crippen molar-refractivity contribution in [1.82, 2.24) is 0 Å². The molecule has 0 aromatic heterocycles. The van der Waals surface area contributed by atoms with Crippen LogP contribution in [0.3, 0.4) is 0 Å². The molecule has 1 N–H and O–H groups in total. The Bertz CT molecular complexity index is 1040. The number of hydrogen-bond acceptors (Lipinski definition) is 3. The molecule has 0 heterocycles. The first-order chi connectivity index (χ1) is 25.6. The molecule has 52 heavy (non-hydrogen) atoms. The van der Waals surface area contributed by atoms with E-state index in [0.717, 1.165) is 103 Å². The summed E-state index contributed by atoms with van der Waals surface area (Å²) in [5.74, 6) is -0.805. The van der Waals surface area contributed by atoms with Crippen molar-refractivity contribution < 1.29 is 19.4 Å². The van der Waals surface area contributed by atoms with Gasteiger partial charge in [0.2, 0.25) is 0 Å². The number of hydrogen-bond donors (Lipinski definition) is 1. The predicted molar refractivity (Wildman–Crippen MR) is 227 cm³/mol. The van der Waals surface area contributed by atoms with E-state index in [9.17, 15) is 9.59 Å². The Hall–Kier alpha value is -3.14. The van der Waals surface area contributed by atoms with Crippen LogP contribution in [0.25, 0.3) is 0 Å². The number of ether oxygens (including phenoxy) is 1. The molecular formula is C48H78O4. The van der Waals surface area contributed by atoms with Gasteiger partial charge >= 0.3 is 11.9 Å². The standard InChI is InChI=1S/C48H78O4/c1-3-5-7-9-11-13-15-16-17-18-19-20-21-22-23-24-25-26-28-30-32-37-41-45-48(51)52-46(43-39-35-33-36-40-44-47(49)50)42-38-34-31-29-27-14-12-10-8-6-4-2/h5-8,11-14,16-17,19-20,29,31,38,42,46H,3-4,9-10,15,18,21-28,30,32-37,39-41,43-45H2,1-2H3,(H,49,50)/b7-5-,8-6-,13-11-,14-12-,17-16-,20-19-,31-29-,42-38-. The highest BCUT2D eigenvalue weighted by molar-refractivity contribution is 5.69. The first-order valence-corrected chi connectivity index (χ1v) is 21.2. The van der Waals surface area contributed by atoms with Gasteiger partial charge in [-0.2, -0.15) is 0 Å². The van der Waals surface area contributed by atoms with Crippen LogP contribution >= 0.6 is 0 Å². The summed E-state index contributed by atoms with van der Waals surface area (Å²) in [6.45, 7) is 4.31. The molecule has 0 saturated carbocycles. The second-order valence-corrected chi connectivity index (χ2v) is 13.8. The van der Waals surface area contributed by atoms with Crippen LogP contribution in [-0.4, -0.2) is 23.1 Å². The molecule has 0 amide bonds. The van der Waals surface area contributed by atoms with Crippen molar-refractivity contribution in [3.05, 3.63) is 97.2 Å². The van der Waals surface area contributed by atoms with Gasteiger partial charge in [0.15, 0.2) is 0 Å². The summed E-state index contributed by atoms with van der Waals surface area (Å²) >= 11 is 0. The minimum Gasteiger partial charge on any atom is -0.481 e. The number of unbranched alkanes of at least 4 members (excludes halogenated alkanes) is 14. The van der Waals surface area contributed by atoms with Crippen LogP contribution in [0.5, 0.6) is 0 Å². The zero-order valence-corrected chi connectivity index (χ0v) is 33.6. The van der Waals surface area contributed by atoms with Gasteiger partial charge in [-0.1, -0.05) is 176 Å². The minimum absolute atomic E-state index is 0.0841.